The molecule has 1 saturated carbocycles. The monoisotopic (exact) mass is 396 g/mol. The molecule has 1 fully saturated rings. The molecule has 28 heavy (non-hydrogen) atoms. The first-order chi connectivity index (χ1) is 13.5. The van der Waals surface area contributed by atoms with Gasteiger partial charge in [0.25, 0.3) is 11.5 Å². The van der Waals surface area contributed by atoms with Crippen molar-refractivity contribution >= 4 is 39.1 Å². The standard InChI is InChI=1S/C20H20N4O3S/c1-2-24(11-16-21-14-6-4-3-5-13(14)19(26)22-16)20(27)15-9-10-17(28-15)23-18(25)12-7-8-12/h3-6,9-10,12H,2,7-8,11H2,1H3,(H,23,25)(H,21,22,26). The van der Waals surface area contributed by atoms with Gasteiger partial charge in [-0.15, -0.1) is 11.3 Å². The highest BCUT2D eigenvalue weighted by molar-refractivity contribution is 7.18. The number of hydrogen-bond acceptors (Lipinski definition) is 5. The molecule has 0 unspecified atom stereocenters. The van der Waals surface area contributed by atoms with Crippen LogP contribution in [0.15, 0.2) is 41.2 Å². The van der Waals surface area contributed by atoms with Crippen molar-refractivity contribution in [2.75, 3.05) is 11.9 Å². The summed E-state index contributed by atoms with van der Waals surface area (Å²) in [5.41, 5.74) is 0.385. The molecule has 0 spiro atoms. The first kappa shape index (κ1) is 18.4. The quantitative estimate of drug-likeness (QED) is 0.670. The molecule has 1 aromatic carbocycles. The molecular formula is C20H20N4O3S. The fourth-order valence-corrected chi connectivity index (χ4v) is 3.84. The number of thiophene rings is 1. The first-order valence-corrected chi connectivity index (χ1v) is 10.0. The first-order valence-electron chi connectivity index (χ1n) is 9.23. The van der Waals surface area contributed by atoms with Crippen molar-refractivity contribution in [1.82, 2.24) is 14.9 Å². The normalized spacial score (nSPS) is 13.5. The van der Waals surface area contributed by atoms with Crippen LogP contribution in [-0.2, 0) is 11.3 Å². The Hall–Kier alpha value is -3.00. The van der Waals surface area contributed by atoms with Crippen LogP contribution in [0, 0.1) is 5.92 Å². The number of rotatable bonds is 6. The second-order valence-electron chi connectivity index (χ2n) is 6.78. The molecule has 1 aliphatic rings. The average Bonchev–Trinajstić information content (AvgIpc) is 3.45. The molecule has 8 heteroatoms. The van der Waals surface area contributed by atoms with Crippen molar-refractivity contribution in [3.05, 3.63) is 57.5 Å². The molecule has 2 aromatic heterocycles. The molecule has 0 aliphatic heterocycles. The van der Waals surface area contributed by atoms with Gasteiger partial charge < -0.3 is 15.2 Å². The van der Waals surface area contributed by atoms with Crippen LogP contribution in [-0.4, -0.2) is 33.2 Å². The fraction of sp³-hybridized carbons (Fsp3) is 0.300. The Morgan fingerprint density at radius 2 is 2.04 bits per heavy atom. The van der Waals surface area contributed by atoms with Gasteiger partial charge in [0, 0.05) is 12.5 Å². The molecule has 0 atom stereocenters. The number of H-pyrrole nitrogens is 1. The number of carbonyl (C=O) groups excluding carboxylic acids is 2. The molecule has 144 valence electrons. The Kier molecular flexibility index (Phi) is 4.95. The molecule has 7 nitrogen and oxygen atoms in total. The summed E-state index contributed by atoms with van der Waals surface area (Å²) in [6, 6.07) is 10.6. The molecule has 2 amide bonds. The molecule has 4 rings (SSSR count). The highest BCUT2D eigenvalue weighted by Crippen LogP contribution is 2.32. The van der Waals surface area contributed by atoms with E-state index in [4.69, 9.17) is 0 Å². The zero-order valence-electron chi connectivity index (χ0n) is 15.4. The van der Waals surface area contributed by atoms with Crippen LogP contribution >= 0.6 is 11.3 Å². The smallest absolute Gasteiger partial charge is 0.264 e. The Morgan fingerprint density at radius 1 is 1.25 bits per heavy atom. The van der Waals surface area contributed by atoms with E-state index >= 15 is 0 Å². The Balaban J connectivity index is 1.50. The minimum Gasteiger partial charge on any atom is -0.331 e. The van der Waals surface area contributed by atoms with Crippen LogP contribution in [0.4, 0.5) is 5.00 Å². The molecule has 1 aliphatic carbocycles. The lowest BCUT2D eigenvalue weighted by Gasteiger charge is -2.19. The number of anilines is 1. The van der Waals surface area contributed by atoms with Gasteiger partial charge in [-0.1, -0.05) is 12.1 Å². The van der Waals surface area contributed by atoms with Crippen molar-refractivity contribution < 1.29 is 9.59 Å². The van der Waals surface area contributed by atoms with E-state index in [1.54, 1.807) is 35.2 Å². The lowest BCUT2D eigenvalue weighted by atomic mass is 10.2. The highest BCUT2D eigenvalue weighted by Gasteiger charge is 2.30. The highest BCUT2D eigenvalue weighted by atomic mass is 32.1. The summed E-state index contributed by atoms with van der Waals surface area (Å²) < 4.78 is 0. The van der Waals surface area contributed by atoms with E-state index in [-0.39, 0.29) is 29.8 Å². The van der Waals surface area contributed by atoms with Gasteiger partial charge in [-0.05, 0) is 44.0 Å². The number of aromatic nitrogens is 2. The van der Waals surface area contributed by atoms with Crippen LogP contribution < -0.4 is 10.9 Å². The predicted molar refractivity (Wildman–Crippen MR) is 108 cm³/mol. The van der Waals surface area contributed by atoms with E-state index in [1.807, 2.05) is 13.0 Å². The third-order valence-electron chi connectivity index (χ3n) is 4.68. The van der Waals surface area contributed by atoms with Crippen LogP contribution in [0.2, 0.25) is 0 Å². The zero-order chi connectivity index (χ0) is 19.7. The molecule has 0 radical (unpaired) electrons. The maximum absolute atomic E-state index is 12.9. The second-order valence-corrected chi connectivity index (χ2v) is 7.86. The summed E-state index contributed by atoms with van der Waals surface area (Å²) in [7, 11) is 0. The van der Waals surface area contributed by atoms with Crippen molar-refractivity contribution in [1.29, 1.82) is 0 Å². The molecular weight excluding hydrogens is 376 g/mol. The lowest BCUT2D eigenvalue weighted by Crippen LogP contribution is -2.31. The second kappa shape index (κ2) is 7.55. The van der Waals surface area contributed by atoms with Crippen LogP contribution in [0.5, 0.6) is 0 Å². The summed E-state index contributed by atoms with van der Waals surface area (Å²) in [4.78, 5) is 46.4. The molecule has 0 saturated heterocycles. The van der Waals surface area contributed by atoms with Crippen LogP contribution in [0.1, 0.15) is 35.3 Å². The number of benzene rings is 1. The van der Waals surface area contributed by atoms with E-state index in [2.05, 4.69) is 15.3 Å². The number of nitrogens with zero attached hydrogens (tertiary/aromatic N) is 2. The van der Waals surface area contributed by atoms with E-state index in [9.17, 15) is 14.4 Å². The minimum atomic E-state index is -0.217. The van der Waals surface area contributed by atoms with Crippen molar-refractivity contribution in [2.24, 2.45) is 5.92 Å². The van der Waals surface area contributed by atoms with Crippen LogP contribution in [0.3, 0.4) is 0 Å². The predicted octanol–water partition coefficient (Wildman–Crippen LogP) is 3.00. The zero-order valence-corrected chi connectivity index (χ0v) is 16.2. The maximum atomic E-state index is 12.9. The van der Waals surface area contributed by atoms with Crippen molar-refractivity contribution in [3.8, 4) is 0 Å². The summed E-state index contributed by atoms with van der Waals surface area (Å²) in [6.07, 6.45) is 1.87. The Morgan fingerprint density at radius 3 is 2.79 bits per heavy atom. The average molecular weight is 396 g/mol. The summed E-state index contributed by atoms with van der Waals surface area (Å²) in [6.45, 7) is 2.55. The van der Waals surface area contributed by atoms with E-state index in [0.29, 0.717) is 33.2 Å². The van der Waals surface area contributed by atoms with Gasteiger partial charge in [-0.3, -0.25) is 14.4 Å². The number of para-hydroxylation sites is 1. The SMILES string of the molecule is CCN(Cc1nc2ccccc2c(=O)[nH]1)C(=O)c1ccc(NC(=O)C2CC2)s1. The molecule has 2 N–H and O–H groups in total. The topological polar surface area (TPSA) is 95.2 Å². The van der Waals surface area contributed by atoms with Crippen molar-refractivity contribution in [3.63, 3.8) is 0 Å². The number of amides is 2. The summed E-state index contributed by atoms with van der Waals surface area (Å²) >= 11 is 1.26. The van der Waals surface area contributed by atoms with Gasteiger partial charge in [-0.25, -0.2) is 4.98 Å². The number of aromatic amines is 1. The van der Waals surface area contributed by atoms with Gasteiger partial charge in [0.1, 0.15) is 5.82 Å². The van der Waals surface area contributed by atoms with Crippen LogP contribution in [0.25, 0.3) is 10.9 Å². The van der Waals surface area contributed by atoms with Gasteiger partial charge in [0.15, 0.2) is 0 Å². The largest absolute Gasteiger partial charge is 0.331 e. The van der Waals surface area contributed by atoms with Gasteiger partial charge in [0.2, 0.25) is 5.91 Å². The third-order valence-corrected chi connectivity index (χ3v) is 5.67. The molecule has 2 heterocycles. The van der Waals surface area contributed by atoms with E-state index < -0.39 is 0 Å². The molecule has 0 bridgehead atoms. The van der Waals surface area contributed by atoms with Gasteiger partial charge in [-0.2, -0.15) is 0 Å². The van der Waals surface area contributed by atoms with Crippen molar-refractivity contribution in [2.45, 2.75) is 26.3 Å². The minimum absolute atomic E-state index is 0.0196. The number of carbonyl (C=O) groups is 2. The van der Waals surface area contributed by atoms with E-state index in [1.165, 1.54) is 11.3 Å². The third kappa shape index (κ3) is 3.82. The maximum Gasteiger partial charge on any atom is 0.264 e. The van der Waals surface area contributed by atoms with E-state index in [0.717, 1.165) is 12.8 Å². The fourth-order valence-electron chi connectivity index (χ4n) is 2.96. The van der Waals surface area contributed by atoms with Gasteiger partial charge in [0.05, 0.1) is 27.3 Å². The Bertz CT molecular complexity index is 1100. The van der Waals surface area contributed by atoms with Gasteiger partial charge >= 0.3 is 0 Å². The number of nitrogens with one attached hydrogen (secondary N) is 2. The number of fused-ring (bicyclic) bond motifs is 1. The lowest BCUT2D eigenvalue weighted by molar-refractivity contribution is -0.117. The summed E-state index contributed by atoms with van der Waals surface area (Å²) in [5.74, 6) is 0.420. The number of hydrogen-bond donors (Lipinski definition) is 2. The molecule has 3 aromatic rings. The Labute approximate surface area is 165 Å². The summed E-state index contributed by atoms with van der Waals surface area (Å²) in [5, 5.41) is 4.06.